The summed E-state index contributed by atoms with van der Waals surface area (Å²) in [5.74, 6) is 3.03. The highest BCUT2D eigenvalue weighted by atomic mass is 32.1. The molecule has 0 radical (unpaired) electrons. The van der Waals surface area contributed by atoms with E-state index < -0.39 is 0 Å². The van der Waals surface area contributed by atoms with Gasteiger partial charge in [0.25, 0.3) is 0 Å². The second-order valence-electron chi connectivity index (χ2n) is 9.18. The lowest BCUT2D eigenvalue weighted by Crippen LogP contribution is -2.57. The number of carbonyl (C=O) groups excluding carboxylic acids is 1. The van der Waals surface area contributed by atoms with Crippen molar-refractivity contribution in [1.29, 1.82) is 0 Å². The van der Waals surface area contributed by atoms with Crippen molar-refractivity contribution >= 4 is 22.4 Å². The maximum absolute atomic E-state index is 13.1. The van der Waals surface area contributed by atoms with Gasteiger partial charge in [-0.3, -0.25) is 4.79 Å². The van der Waals surface area contributed by atoms with Crippen LogP contribution in [0.3, 0.4) is 0 Å². The molecule has 0 unspecified atom stereocenters. The van der Waals surface area contributed by atoms with Crippen molar-refractivity contribution < 1.29 is 4.79 Å². The van der Waals surface area contributed by atoms with Crippen molar-refractivity contribution in [3.8, 4) is 0 Å². The van der Waals surface area contributed by atoms with E-state index in [0.717, 1.165) is 42.3 Å². The van der Waals surface area contributed by atoms with Crippen LogP contribution in [-0.4, -0.2) is 29.5 Å². The summed E-state index contributed by atoms with van der Waals surface area (Å²) in [5, 5.41) is 6.47. The molecule has 0 spiro atoms. The van der Waals surface area contributed by atoms with E-state index in [2.05, 4.69) is 22.1 Å². The zero-order chi connectivity index (χ0) is 17.0. The smallest absolute Gasteiger partial charge is 0.243 e. The van der Waals surface area contributed by atoms with Crippen LogP contribution in [-0.2, 0) is 4.79 Å². The second kappa shape index (κ2) is 5.97. The van der Waals surface area contributed by atoms with Crippen molar-refractivity contribution in [3.63, 3.8) is 0 Å². The van der Waals surface area contributed by atoms with Gasteiger partial charge >= 0.3 is 0 Å². The molecule has 5 aliphatic rings. The summed E-state index contributed by atoms with van der Waals surface area (Å²) in [4.78, 5) is 19.7. The minimum Gasteiger partial charge on any atom is -0.351 e. The van der Waals surface area contributed by atoms with E-state index in [4.69, 9.17) is 0 Å². The SMILES string of the molecule is C[C@@H](NC(=O)[C@H]1CCCN1c1nccs1)C12CC3CC(CC(C3)C1)C2. The van der Waals surface area contributed by atoms with Gasteiger partial charge in [0.15, 0.2) is 5.13 Å². The Kier molecular flexibility index (Phi) is 3.84. The first-order valence-electron chi connectivity index (χ1n) is 10.1. The van der Waals surface area contributed by atoms with E-state index in [1.807, 2.05) is 11.6 Å². The number of thiazole rings is 1. The molecule has 4 bridgehead atoms. The number of anilines is 1. The predicted octanol–water partition coefficient (Wildman–Crippen LogP) is 3.83. The molecule has 4 saturated carbocycles. The number of aromatic nitrogens is 1. The van der Waals surface area contributed by atoms with E-state index >= 15 is 0 Å². The standard InChI is InChI=1S/C20H29N3OS/c1-13(20-10-14-7-15(11-20)9-16(8-14)12-20)22-18(24)17-3-2-5-23(17)19-21-4-6-25-19/h4,6,13-17H,2-3,5,7-12H2,1H3,(H,22,24)/t13-,14?,15?,16?,17-,20?/m1/s1. The molecule has 6 rings (SSSR count). The topological polar surface area (TPSA) is 45.2 Å². The Hall–Kier alpha value is -1.10. The van der Waals surface area contributed by atoms with E-state index in [1.165, 1.54) is 38.5 Å². The third-order valence-electron chi connectivity index (χ3n) is 7.58. The van der Waals surface area contributed by atoms with Crippen molar-refractivity contribution in [1.82, 2.24) is 10.3 Å². The Balaban J connectivity index is 1.29. The summed E-state index contributed by atoms with van der Waals surface area (Å²) in [6, 6.07) is 0.287. The fraction of sp³-hybridized carbons (Fsp3) is 0.800. The normalized spacial score (nSPS) is 40.4. The molecule has 5 fully saturated rings. The van der Waals surface area contributed by atoms with Crippen LogP contribution in [0.25, 0.3) is 0 Å². The molecule has 1 N–H and O–H groups in total. The first-order valence-corrected chi connectivity index (χ1v) is 11.0. The zero-order valence-electron chi connectivity index (χ0n) is 15.1. The van der Waals surface area contributed by atoms with Crippen molar-refractivity contribution in [2.45, 2.75) is 70.4 Å². The van der Waals surface area contributed by atoms with E-state index in [-0.39, 0.29) is 11.9 Å². The van der Waals surface area contributed by atoms with Crippen LogP contribution in [0.5, 0.6) is 0 Å². The van der Waals surface area contributed by atoms with Gasteiger partial charge < -0.3 is 10.2 Å². The Morgan fingerprint density at radius 3 is 2.56 bits per heavy atom. The third kappa shape index (κ3) is 2.70. The summed E-state index contributed by atoms with van der Waals surface area (Å²) in [6.45, 7) is 3.24. The molecule has 2 atom stereocenters. The summed E-state index contributed by atoms with van der Waals surface area (Å²) < 4.78 is 0. The molecule has 1 amide bonds. The van der Waals surface area contributed by atoms with Gasteiger partial charge in [0.2, 0.25) is 5.91 Å². The Morgan fingerprint density at radius 2 is 1.96 bits per heavy atom. The Labute approximate surface area is 154 Å². The highest BCUT2D eigenvalue weighted by Crippen LogP contribution is 2.61. The van der Waals surface area contributed by atoms with E-state index in [0.29, 0.717) is 11.5 Å². The van der Waals surface area contributed by atoms with Crippen LogP contribution < -0.4 is 10.2 Å². The van der Waals surface area contributed by atoms with Crippen LogP contribution in [0.2, 0.25) is 0 Å². The minimum absolute atomic E-state index is 0.0255. The monoisotopic (exact) mass is 359 g/mol. The molecule has 5 heteroatoms. The molecule has 4 aliphatic carbocycles. The summed E-state index contributed by atoms with van der Waals surface area (Å²) >= 11 is 1.64. The van der Waals surface area contributed by atoms with Gasteiger partial charge in [-0.1, -0.05) is 0 Å². The van der Waals surface area contributed by atoms with Crippen molar-refractivity contribution in [2.24, 2.45) is 23.2 Å². The highest BCUT2D eigenvalue weighted by molar-refractivity contribution is 7.13. The first kappa shape index (κ1) is 16.1. The minimum atomic E-state index is -0.0255. The summed E-state index contributed by atoms with van der Waals surface area (Å²) in [5.41, 5.74) is 0.384. The predicted molar refractivity (Wildman–Crippen MR) is 101 cm³/mol. The van der Waals surface area contributed by atoms with Crippen LogP contribution in [0, 0.1) is 23.2 Å². The maximum Gasteiger partial charge on any atom is 0.243 e. The Bertz CT molecular complexity index is 608. The largest absolute Gasteiger partial charge is 0.351 e. The third-order valence-corrected chi connectivity index (χ3v) is 8.39. The molecular formula is C20H29N3OS. The van der Waals surface area contributed by atoms with Gasteiger partial charge in [0, 0.05) is 24.2 Å². The van der Waals surface area contributed by atoms with Crippen molar-refractivity contribution in [2.75, 3.05) is 11.4 Å². The fourth-order valence-electron chi connectivity index (χ4n) is 6.80. The van der Waals surface area contributed by atoms with Gasteiger partial charge in [-0.15, -0.1) is 11.3 Å². The van der Waals surface area contributed by atoms with E-state index in [9.17, 15) is 4.79 Å². The van der Waals surface area contributed by atoms with Gasteiger partial charge in [0.05, 0.1) is 0 Å². The van der Waals surface area contributed by atoms with Crippen LogP contribution in [0.15, 0.2) is 11.6 Å². The zero-order valence-corrected chi connectivity index (χ0v) is 15.9. The first-order chi connectivity index (χ1) is 12.1. The molecule has 1 saturated heterocycles. The molecule has 25 heavy (non-hydrogen) atoms. The average molecular weight is 360 g/mol. The molecule has 4 nitrogen and oxygen atoms in total. The van der Waals surface area contributed by atoms with Gasteiger partial charge in [-0.05, 0) is 81.5 Å². The number of nitrogens with one attached hydrogen (secondary N) is 1. The number of carbonyl (C=O) groups is 1. The summed E-state index contributed by atoms with van der Waals surface area (Å²) in [6.07, 6.45) is 12.3. The number of hydrogen-bond donors (Lipinski definition) is 1. The lowest BCUT2D eigenvalue weighted by atomic mass is 9.48. The van der Waals surface area contributed by atoms with Crippen molar-refractivity contribution in [3.05, 3.63) is 11.6 Å². The maximum atomic E-state index is 13.1. The van der Waals surface area contributed by atoms with Crippen LogP contribution >= 0.6 is 11.3 Å². The molecule has 0 aromatic carbocycles. The number of nitrogens with zero attached hydrogens (tertiary/aromatic N) is 2. The van der Waals surface area contributed by atoms with Gasteiger partial charge in [0.1, 0.15) is 6.04 Å². The number of hydrogen-bond acceptors (Lipinski definition) is 4. The highest BCUT2D eigenvalue weighted by Gasteiger charge is 2.53. The quantitative estimate of drug-likeness (QED) is 0.888. The Morgan fingerprint density at radius 1 is 1.28 bits per heavy atom. The summed E-state index contributed by atoms with van der Waals surface area (Å²) in [7, 11) is 0. The van der Waals surface area contributed by atoms with Crippen LogP contribution in [0.4, 0.5) is 5.13 Å². The molecule has 1 aliphatic heterocycles. The fourth-order valence-corrected chi connectivity index (χ4v) is 7.52. The molecule has 1 aromatic heterocycles. The molecule has 136 valence electrons. The molecular weight excluding hydrogens is 330 g/mol. The molecule has 2 heterocycles. The van der Waals surface area contributed by atoms with Gasteiger partial charge in [-0.25, -0.2) is 4.98 Å². The second-order valence-corrected chi connectivity index (χ2v) is 10.0. The molecule has 1 aromatic rings. The lowest BCUT2D eigenvalue weighted by Gasteiger charge is -2.59. The van der Waals surface area contributed by atoms with Crippen LogP contribution in [0.1, 0.15) is 58.3 Å². The average Bonchev–Trinajstić information content (AvgIpc) is 3.24. The van der Waals surface area contributed by atoms with Gasteiger partial charge in [-0.2, -0.15) is 0 Å². The number of rotatable bonds is 4. The van der Waals surface area contributed by atoms with E-state index in [1.54, 1.807) is 11.3 Å². The number of amides is 1. The lowest BCUT2D eigenvalue weighted by molar-refractivity contribution is -0.127.